The maximum atomic E-state index is 13.5. The Morgan fingerprint density at radius 3 is 2.09 bits per heavy atom. The van der Waals surface area contributed by atoms with Gasteiger partial charge in [-0.15, -0.1) is 0 Å². The van der Waals surface area contributed by atoms with Gasteiger partial charge in [0.25, 0.3) is 0 Å². The first-order valence-electron chi connectivity index (χ1n) is 12.8. The van der Waals surface area contributed by atoms with Crippen LogP contribution >= 0.6 is 0 Å². The van der Waals surface area contributed by atoms with E-state index in [1.54, 1.807) is 0 Å². The van der Waals surface area contributed by atoms with Crippen LogP contribution in [0, 0.1) is 5.92 Å². The Labute approximate surface area is 202 Å². The lowest BCUT2D eigenvalue weighted by atomic mass is 9.79. The Morgan fingerprint density at radius 1 is 0.912 bits per heavy atom. The van der Waals surface area contributed by atoms with E-state index < -0.39 is 5.60 Å². The molecule has 2 heterocycles. The number of benzene rings is 2. The molecule has 2 amide bonds. The molecule has 1 aliphatic carbocycles. The molecule has 2 saturated heterocycles. The lowest BCUT2D eigenvalue weighted by Gasteiger charge is -2.41. The van der Waals surface area contributed by atoms with Crippen molar-refractivity contribution in [2.24, 2.45) is 5.92 Å². The van der Waals surface area contributed by atoms with E-state index in [0.717, 1.165) is 56.1 Å². The van der Waals surface area contributed by atoms with Crippen LogP contribution in [-0.4, -0.2) is 54.2 Å². The van der Waals surface area contributed by atoms with Crippen LogP contribution < -0.4 is 5.32 Å². The summed E-state index contributed by atoms with van der Waals surface area (Å²) in [5.41, 5.74) is 0.389. The second-order valence-corrected chi connectivity index (χ2v) is 9.92. The molecule has 0 bridgehead atoms. The molecule has 3 aliphatic rings. The molecule has 34 heavy (non-hydrogen) atoms. The van der Waals surface area contributed by atoms with E-state index in [4.69, 9.17) is 9.47 Å². The van der Waals surface area contributed by atoms with Crippen LogP contribution in [0.4, 0.5) is 4.79 Å². The number of carbonyl (C=O) groups excluding carboxylic acids is 1. The quantitative estimate of drug-likeness (QED) is 0.664. The van der Waals surface area contributed by atoms with Crippen molar-refractivity contribution in [1.82, 2.24) is 10.2 Å². The number of ether oxygens (including phenoxy) is 2. The number of rotatable bonds is 6. The van der Waals surface area contributed by atoms with Crippen molar-refractivity contribution in [3.63, 3.8) is 0 Å². The number of amides is 2. The fraction of sp³-hybridized carbons (Fsp3) is 0.536. The Bertz CT molecular complexity index is 884. The zero-order valence-corrected chi connectivity index (χ0v) is 19.8. The maximum Gasteiger partial charge on any atom is 0.317 e. The van der Waals surface area contributed by atoms with E-state index >= 15 is 0 Å². The van der Waals surface area contributed by atoms with Crippen molar-refractivity contribution in [3.8, 4) is 0 Å². The first-order valence-corrected chi connectivity index (χ1v) is 12.8. The fourth-order valence-electron chi connectivity index (χ4n) is 6.00. The van der Waals surface area contributed by atoms with Crippen LogP contribution in [0.1, 0.15) is 56.1 Å². The first-order chi connectivity index (χ1) is 16.6. The number of hydrogen-bond acceptors (Lipinski definition) is 4. The van der Waals surface area contributed by atoms with E-state index in [2.05, 4.69) is 5.32 Å². The van der Waals surface area contributed by atoms with Gasteiger partial charge in [-0.25, -0.2) is 4.79 Å². The van der Waals surface area contributed by atoms with E-state index in [0.29, 0.717) is 25.7 Å². The molecule has 0 radical (unpaired) electrons. The molecule has 6 nitrogen and oxygen atoms in total. The van der Waals surface area contributed by atoms with Crippen molar-refractivity contribution in [1.29, 1.82) is 0 Å². The van der Waals surface area contributed by atoms with Gasteiger partial charge in [0.05, 0.1) is 19.3 Å². The molecular formula is C28H36N2O4. The van der Waals surface area contributed by atoms with Gasteiger partial charge in [0.15, 0.2) is 6.29 Å². The van der Waals surface area contributed by atoms with E-state index in [-0.39, 0.29) is 24.4 Å². The summed E-state index contributed by atoms with van der Waals surface area (Å²) in [4.78, 5) is 15.3. The van der Waals surface area contributed by atoms with Gasteiger partial charge >= 0.3 is 6.03 Å². The third-order valence-electron chi connectivity index (χ3n) is 7.81. The van der Waals surface area contributed by atoms with Gasteiger partial charge in [0, 0.05) is 19.0 Å². The monoisotopic (exact) mass is 464 g/mol. The highest BCUT2D eigenvalue weighted by atomic mass is 16.7. The molecule has 1 saturated carbocycles. The Morgan fingerprint density at radius 2 is 1.50 bits per heavy atom. The minimum Gasteiger partial charge on any atom is -0.378 e. The minimum atomic E-state index is -1.25. The summed E-state index contributed by atoms with van der Waals surface area (Å²) in [6.07, 6.45) is 6.67. The van der Waals surface area contributed by atoms with Gasteiger partial charge < -0.3 is 24.8 Å². The molecule has 2 aromatic carbocycles. The predicted octanol–water partition coefficient (Wildman–Crippen LogP) is 4.42. The molecule has 1 atom stereocenters. The van der Waals surface area contributed by atoms with Crippen molar-refractivity contribution >= 4 is 6.03 Å². The summed E-state index contributed by atoms with van der Waals surface area (Å²) in [5, 5.41) is 15.5. The summed E-state index contributed by atoms with van der Waals surface area (Å²) in [7, 11) is 0. The van der Waals surface area contributed by atoms with Crippen molar-refractivity contribution in [3.05, 3.63) is 71.8 Å². The Hall–Kier alpha value is -2.41. The highest BCUT2D eigenvalue weighted by Crippen LogP contribution is 2.40. The number of nitrogens with one attached hydrogen (secondary N) is 1. The van der Waals surface area contributed by atoms with Crippen LogP contribution in [0.25, 0.3) is 0 Å². The zero-order valence-electron chi connectivity index (χ0n) is 19.8. The molecule has 0 spiro atoms. The molecule has 5 rings (SSSR count). The van der Waals surface area contributed by atoms with E-state index in [1.807, 2.05) is 65.6 Å². The number of urea groups is 1. The third-order valence-corrected chi connectivity index (χ3v) is 7.81. The summed E-state index contributed by atoms with van der Waals surface area (Å²) < 4.78 is 11.2. The van der Waals surface area contributed by atoms with Crippen LogP contribution in [0.15, 0.2) is 60.7 Å². The molecular weight excluding hydrogens is 428 g/mol. The number of nitrogens with zero attached hydrogens (tertiary/aromatic N) is 1. The summed E-state index contributed by atoms with van der Waals surface area (Å²) in [6, 6.07) is 19.3. The molecule has 2 aliphatic heterocycles. The normalized spacial score (nSPS) is 26.0. The van der Waals surface area contributed by atoms with Crippen molar-refractivity contribution in [2.45, 2.75) is 68.9 Å². The van der Waals surface area contributed by atoms with E-state index in [1.165, 1.54) is 0 Å². The lowest BCUT2D eigenvalue weighted by molar-refractivity contribution is -0.0602. The van der Waals surface area contributed by atoms with E-state index in [9.17, 15) is 9.90 Å². The first kappa shape index (κ1) is 23.3. The standard InChI is InChI=1S/C28H36N2O4/c31-27(29-24-15-13-21(14-16-24)20-26-33-18-19-34-26)30-17-7-12-25(30)28(32,22-8-3-1-4-9-22)23-10-5-2-6-11-23/h1-6,8-11,21,24-26,32H,7,12-20H2,(H,29,31)/t21-,24-,25-/m1/s1. The molecule has 3 fully saturated rings. The fourth-order valence-corrected chi connectivity index (χ4v) is 6.00. The molecule has 6 heteroatoms. The van der Waals surface area contributed by atoms with Gasteiger partial charge in [-0.1, -0.05) is 60.7 Å². The number of aliphatic hydroxyl groups is 1. The van der Waals surface area contributed by atoms with Crippen molar-refractivity contribution in [2.75, 3.05) is 19.8 Å². The van der Waals surface area contributed by atoms with Crippen LogP contribution in [0.2, 0.25) is 0 Å². The Balaban J connectivity index is 1.27. The maximum absolute atomic E-state index is 13.5. The third kappa shape index (κ3) is 4.85. The second-order valence-electron chi connectivity index (χ2n) is 9.92. The second kappa shape index (κ2) is 10.5. The van der Waals surface area contributed by atoms with Gasteiger partial charge in [-0.3, -0.25) is 0 Å². The van der Waals surface area contributed by atoms with Crippen molar-refractivity contribution < 1.29 is 19.4 Å². The molecule has 182 valence electrons. The minimum absolute atomic E-state index is 0.0462. The number of carbonyl (C=O) groups is 1. The molecule has 0 unspecified atom stereocenters. The predicted molar refractivity (Wildman–Crippen MR) is 130 cm³/mol. The SMILES string of the molecule is O=C(N[C@H]1CC[C@H](CC2OCCO2)CC1)N1CCC[C@@H]1C(O)(c1ccccc1)c1ccccc1. The van der Waals surface area contributed by atoms with Gasteiger partial charge in [0.1, 0.15) is 5.60 Å². The van der Waals surface area contributed by atoms with Gasteiger partial charge in [-0.2, -0.15) is 0 Å². The topological polar surface area (TPSA) is 71.0 Å². The molecule has 2 N–H and O–H groups in total. The summed E-state index contributed by atoms with van der Waals surface area (Å²) in [5.74, 6) is 0.594. The van der Waals surface area contributed by atoms with Gasteiger partial charge in [-0.05, 0) is 55.6 Å². The van der Waals surface area contributed by atoms with Gasteiger partial charge in [0.2, 0.25) is 0 Å². The summed E-state index contributed by atoms with van der Waals surface area (Å²) >= 11 is 0. The number of likely N-dealkylation sites (tertiary alicyclic amines) is 1. The smallest absolute Gasteiger partial charge is 0.317 e. The summed E-state index contributed by atoms with van der Waals surface area (Å²) in [6.45, 7) is 2.06. The number of hydrogen-bond donors (Lipinski definition) is 2. The van der Waals surface area contributed by atoms with Crippen LogP contribution in [0.5, 0.6) is 0 Å². The van der Waals surface area contributed by atoms with Crippen LogP contribution in [0.3, 0.4) is 0 Å². The molecule has 0 aromatic heterocycles. The van der Waals surface area contributed by atoms with Crippen LogP contribution in [-0.2, 0) is 15.1 Å². The lowest BCUT2D eigenvalue weighted by Crippen LogP contribution is -2.54. The largest absolute Gasteiger partial charge is 0.378 e. The molecule has 2 aromatic rings. The average Bonchev–Trinajstić information content (AvgIpc) is 3.59. The highest BCUT2D eigenvalue weighted by Gasteiger charge is 2.47. The Kier molecular flexibility index (Phi) is 7.18. The average molecular weight is 465 g/mol. The zero-order chi connectivity index (χ0) is 23.4. The highest BCUT2D eigenvalue weighted by molar-refractivity contribution is 5.75.